The second-order valence-electron chi connectivity index (χ2n) is 4.72. The van der Waals surface area contributed by atoms with Crippen LogP contribution in [-0.4, -0.2) is 29.9 Å². The van der Waals surface area contributed by atoms with E-state index in [0.29, 0.717) is 18.7 Å². The van der Waals surface area contributed by atoms with Gasteiger partial charge in [-0.25, -0.2) is 4.79 Å². The van der Waals surface area contributed by atoms with Crippen molar-refractivity contribution in [3.8, 4) is 17.2 Å². The summed E-state index contributed by atoms with van der Waals surface area (Å²) in [6.45, 7) is 0.461. The van der Waals surface area contributed by atoms with Crippen LogP contribution in [0.2, 0.25) is 0 Å². The van der Waals surface area contributed by atoms with Crippen molar-refractivity contribution in [1.82, 2.24) is 5.32 Å². The van der Waals surface area contributed by atoms with E-state index in [1.54, 1.807) is 7.11 Å². The van der Waals surface area contributed by atoms with Crippen molar-refractivity contribution in [3.05, 3.63) is 48.0 Å². The highest BCUT2D eigenvalue weighted by molar-refractivity contribution is 5.89. The van der Waals surface area contributed by atoms with Crippen LogP contribution < -0.4 is 15.4 Å². The van der Waals surface area contributed by atoms with Crippen molar-refractivity contribution in [2.75, 3.05) is 19.0 Å². The molecule has 0 saturated carbocycles. The number of phenolic OH excluding ortho intramolecular Hbond substituents is 2. The number of carbonyl (C=O) groups excluding carboxylic acids is 1. The molecule has 0 aliphatic rings. The molecule has 0 saturated heterocycles. The maximum absolute atomic E-state index is 11.7. The molecule has 2 amide bonds. The van der Waals surface area contributed by atoms with Crippen LogP contribution in [0.3, 0.4) is 0 Å². The van der Waals surface area contributed by atoms with E-state index >= 15 is 0 Å². The second-order valence-corrected chi connectivity index (χ2v) is 4.72. The molecular weight excluding hydrogens is 284 g/mol. The molecule has 0 fully saturated rings. The first-order valence-electron chi connectivity index (χ1n) is 6.77. The van der Waals surface area contributed by atoms with Crippen LogP contribution in [-0.2, 0) is 6.42 Å². The average molecular weight is 302 g/mol. The van der Waals surface area contributed by atoms with E-state index in [4.69, 9.17) is 4.74 Å². The Morgan fingerprint density at radius 1 is 1.09 bits per heavy atom. The van der Waals surface area contributed by atoms with Gasteiger partial charge in [-0.1, -0.05) is 12.1 Å². The number of hydrogen-bond donors (Lipinski definition) is 4. The van der Waals surface area contributed by atoms with Gasteiger partial charge in [0, 0.05) is 30.4 Å². The smallest absolute Gasteiger partial charge is 0.319 e. The molecule has 0 radical (unpaired) electrons. The van der Waals surface area contributed by atoms with Gasteiger partial charge >= 0.3 is 6.03 Å². The van der Waals surface area contributed by atoms with Gasteiger partial charge in [-0.2, -0.15) is 0 Å². The standard InChI is InChI=1S/C16H18N2O4/c1-22-15-4-2-11(3-5-15)6-7-17-16(21)18-12-8-13(19)10-14(20)9-12/h2-5,8-10,19-20H,6-7H2,1H3,(H2,17,18,21). The predicted octanol–water partition coefficient (Wildman–Crippen LogP) is 2.47. The van der Waals surface area contributed by atoms with Crippen molar-refractivity contribution >= 4 is 11.7 Å². The first-order valence-corrected chi connectivity index (χ1v) is 6.77. The summed E-state index contributed by atoms with van der Waals surface area (Å²) in [5, 5.41) is 23.9. The molecule has 2 aromatic carbocycles. The fourth-order valence-electron chi connectivity index (χ4n) is 1.96. The summed E-state index contributed by atoms with van der Waals surface area (Å²) >= 11 is 0. The maximum Gasteiger partial charge on any atom is 0.319 e. The van der Waals surface area contributed by atoms with Gasteiger partial charge in [0.1, 0.15) is 17.2 Å². The van der Waals surface area contributed by atoms with Gasteiger partial charge in [-0.3, -0.25) is 0 Å². The zero-order chi connectivity index (χ0) is 15.9. The van der Waals surface area contributed by atoms with Crippen LogP contribution in [0.4, 0.5) is 10.5 Å². The number of urea groups is 1. The first-order chi connectivity index (χ1) is 10.6. The number of ether oxygens (including phenoxy) is 1. The zero-order valence-corrected chi connectivity index (χ0v) is 12.2. The number of anilines is 1. The van der Waals surface area contributed by atoms with E-state index in [1.165, 1.54) is 18.2 Å². The summed E-state index contributed by atoms with van der Waals surface area (Å²) in [5.74, 6) is 0.556. The molecular formula is C16H18N2O4. The number of rotatable bonds is 5. The second kappa shape index (κ2) is 7.21. The van der Waals surface area contributed by atoms with Gasteiger partial charge in [-0.15, -0.1) is 0 Å². The topological polar surface area (TPSA) is 90.8 Å². The van der Waals surface area contributed by atoms with Crippen LogP contribution in [0, 0.1) is 0 Å². The molecule has 6 heteroatoms. The van der Waals surface area contributed by atoms with E-state index < -0.39 is 6.03 Å². The summed E-state index contributed by atoms with van der Waals surface area (Å²) in [4.78, 5) is 11.7. The lowest BCUT2D eigenvalue weighted by Gasteiger charge is -2.09. The fraction of sp³-hybridized carbons (Fsp3) is 0.188. The maximum atomic E-state index is 11.7. The SMILES string of the molecule is COc1ccc(CCNC(=O)Nc2cc(O)cc(O)c2)cc1. The highest BCUT2D eigenvalue weighted by atomic mass is 16.5. The first kappa shape index (κ1) is 15.5. The molecule has 6 nitrogen and oxygen atoms in total. The lowest BCUT2D eigenvalue weighted by molar-refractivity contribution is 0.252. The fourth-order valence-corrected chi connectivity index (χ4v) is 1.96. The Morgan fingerprint density at radius 2 is 1.73 bits per heavy atom. The molecule has 0 bridgehead atoms. The summed E-state index contributed by atoms with van der Waals surface area (Å²) in [6, 6.07) is 11.1. The number of nitrogens with one attached hydrogen (secondary N) is 2. The highest BCUT2D eigenvalue weighted by Gasteiger charge is 2.04. The normalized spacial score (nSPS) is 10.0. The van der Waals surface area contributed by atoms with E-state index in [0.717, 1.165) is 11.3 Å². The third-order valence-corrected chi connectivity index (χ3v) is 3.02. The molecule has 116 valence electrons. The number of hydrogen-bond acceptors (Lipinski definition) is 4. The number of carbonyl (C=O) groups is 1. The lowest BCUT2D eigenvalue weighted by Crippen LogP contribution is -2.30. The lowest BCUT2D eigenvalue weighted by atomic mass is 10.1. The van der Waals surface area contributed by atoms with Gasteiger partial charge < -0.3 is 25.6 Å². The van der Waals surface area contributed by atoms with Crippen molar-refractivity contribution in [3.63, 3.8) is 0 Å². The van der Waals surface area contributed by atoms with Crippen LogP contribution in [0.15, 0.2) is 42.5 Å². The quantitative estimate of drug-likeness (QED) is 0.683. The largest absolute Gasteiger partial charge is 0.508 e. The molecule has 0 atom stereocenters. The van der Waals surface area contributed by atoms with Crippen LogP contribution >= 0.6 is 0 Å². The Hall–Kier alpha value is -2.89. The van der Waals surface area contributed by atoms with Crippen LogP contribution in [0.5, 0.6) is 17.2 Å². The third kappa shape index (κ3) is 4.59. The summed E-state index contributed by atoms with van der Waals surface area (Å²) < 4.78 is 5.08. The molecule has 0 heterocycles. The minimum absolute atomic E-state index is 0.117. The minimum Gasteiger partial charge on any atom is -0.508 e. The Labute approximate surface area is 128 Å². The van der Waals surface area contributed by atoms with E-state index in [1.807, 2.05) is 24.3 Å². The zero-order valence-electron chi connectivity index (χ0n) is 12.2. The predicted molar refractivity (Wildman–Crippen MR) is 83.5 cm³/mol. The number of benzene rings is 2. The van der Waals surface area contributed by atoms with Gasteiger partial charge in [0.2, 0.25) is 0 Å². The Morgan fingerprint density at radius 3 is 2.32 bits per heavy atom. The molecule has 0 aliphatic heterocycles. The van der Waals surface area contributed by atoms with Crippen LogP contribution in [0.25, 0.3) is 0 Å². The Bertz CT molecular complexity index is 621. The number of phenols is 2. The number of methoxy groups -OCH3 is 1. The molecule has 2 aromatic rings. The molecule has 0 spiro atoms. The Balaban J connectivity index is 1.79. The van der Waals surface area contributed by atoms with Crippen molar-refractivity contribution in [1.29, 1.82) is 0 Å². The van der Waals surface area contributed by atoms with Gasteiger partial charge in [0.25, 0.3) is 0 Å². The minimum atomic E-state index is -0.404. The van der Waals surface area contributed by atoms with E-state index in [9.17, 15) is 15.0 Å². The van der Waals surface area contributed by atoms with E-state index in [2.05, 4.69) is 10.6 Å². The average Bonchev–Trinajstić information content (AvgIpc) is 2.47. The number of amides is 2. The molecule has 0 aliphatic carbocycles. The summed E-state index contributed by atoms with van der Waals surface area (Å²) in [6.07, 6.45) is 0.683. The molecule has 0 aromatic heterocycles. The Kier molecular flexibility index (Phi) is 5.08. The molecule has 4 N–H and O–H groups in total. The van der Waals surface area contributed by atoms with Gasteiger partial charge in [0.05, 0.1) is 7.11 Å². The summed E-state index contributed by atoms with van der Waals surface area (Å²) in [5.41, 5.74) is 1.40. The number of aromatic hydroxyl groups is 2. The summed E-state index contributed by atoms with van der Waals surface area (Å²) in [7, 11) is 1.61. The van der Waals surface area contributed by atoms with Crippen molar-refractivity contribution < 1.29 is 19.7 Å². The molecule has 2 rings (SSSR count). The highest BCUT2D eigenvalue weighted by Crippen LogP contribution is 2.23. The monoisotopic (exact) mass is 302 g/mol. The van der Waals surface area contributed by atoms with Gasteiger partial charge in [-0.05, 0) is 24.1 Å². The van der Waals surface area contributed by atoms with Crippen LogP contribution in [0.1, 0.15) is 5.56 Å². The van der Waals surface area contributed by atoms with Gasteiger partial charge in [0.15, 0.2) is 0 Å². The van der Waals surface area contributed by atoms with Crippen molar-refractivity contribution in [2.45, 2.75) is 6.42 Å². The molecule has 0 unspecified atom stereocenters. The molecule has 22 heavy (non-hydrogen) atoms. The van der Waals surface area contributed by atoms with Crippen molar-refractivity contribution in [2.24, 2.45) is 0 Å². The third-order valence-electron chi connectivity index (χ3n) is 3.02. The van der Waals surface area contributed by atoms with E-state index in [-0.39, 0.29) is 11.5 Å².